The van der Waals surface area contributed by atoms with Crippen molar-refractivity contribution in [1.82, 2.24) is 5.32 Å². The van der Waals surface area contributed by atoms with E-state index in [-0.39, 0.29) is 11.3 Å². The summed E-state index contributed by atoms with van der Waals surface area (Å²) in [5.41, 5.74) is -0.230. The molecule has 0 radical (unpaired) electrons. The van der Waals surface area contributed by atoms with Crippen molar-refractivity contribution in [2.45, 2.75) is 54.4 Å². The largest absolute Gasteiger partial charge is 0.355 e. The van der Waals surface area contributed by atoms with E-state index >= 15 is 0 Å². The number of carbonyl (C=O) groups excluding carboxylic acids is 1. The maximum Gasteiger partial charge on any atom is 0.225 e. The third-order valence-corrected chi connectivity index (χ3v) is 4.61. The number of amides is 1. The molecule has 108 valence electrons. The van der Waals surface area contributed by atoms with Gasteiger partial charge in [-0.15, -0.1) is 0 Å². The van der Waals surface area contributed by atoms with E-state index in [1.807, 2.05) is 13.8 Å². The fraction of sp³-hybridized carbons (Fsp3) is 0.933. The molecule has 0 rings (SSSR count). The van der Waals surface area contributed by atoms with Gasteiger partial charge in [-0.25, -0.2) is 0 Å². The molecule has 0 bridgehead atoms. The van der Waals surface area contributed by atoms with Gasteiger partial charge < -0.3 is 9.80 Å². The summed E-state index contributed by atoms with van der Waals surface area (Å²) in [5.74, 6) is 0.188. The van der Waals surface area contributed by atoms with Gasteiger partial charge >= 0.3 is 0 Å². The molecular formula is C15H33N2O+. The summed E-state index contributed by atoms with van der Waals surface area (Å²) < 4.78 is 1.16. The molecule has 18 heavy (non-hydrogen) atoms. The number of hydrogen-bond acceptors (Lipinski definition) is 1. The molecule has 0 aliphatic rings. The average Bonchev–Trinajstić information content (AvgIpc) is 2.39. The molecule has 0 saturated carbocycles. The minimum Gasteiger partial charge on any atom is -0.355 e. The van der Waals surface area contributed by atoms with E-state index in [0.29, 0.717) is 0 Å². The van der Waals surface area contributed by atoms with Crippen molar-refractivity contribution >= 4 is 5.91 Å². The van der Waals surface area contributed by atoms with Gasteiger partial charge in [-0.1, -0.05) is 20.8 Å². The van der Waals surface area contributed by atoms with Gasteiger partial charge in [0, 0.05) is 18.4 Å². The Morgan fingerprint density at radius 3 is 1.94 bits per heavy atom. The highest BCUT2D eigenvalue weighted by atomic mass is 16.2. The maximum absolute atomic E-state index is 11.9. The third-order valence-electron chi connectivity index (χ3n) is 4.61. The minimum atomic E-state index is -0.230. The van der Waals surface area contributed by atoms with E-state index < -0.39 is 0 Å². The Morgan fingerprint density at radius 2 is 1.56 bits per heavy atom. The number of quaternary nitrogens is 1. The zero-order valence-corrected chi connectivity index (χ0v) is 13.3. The van der Waals surface area contributed by atoms with Gasteiger partial charge in [-0.2, -0.15) is 0 Å². The molecule has 0 atom stereocenters. The van der Waals surface area contributed by atoms with Crippen LogP contribution < -0.4 is 5.32 Å². The summed E-state index contributed by atoms with van der Waals surface area (Å²) in [4.78, 5) is 11.9. The van der Waals surface area contributed by atoms with Crippen molar-refractivity contribution in [3.05, 3.63) is 0 Å². The summed E-state index contributed by atoms with van der Waals surface area (Å²) in [6, 6.07) is 0. The van der Waals surface area contributed by atoms with Crippen LogP contribution in [0.2, 0.25) is 0 Å². The van der Waals surface area contributed by atoms with Crippen molar-refractivity contribution in [3.63, 3.8) is 0 Å². The van der Waals surface area contributed by atoms with Gasteiger partial charge in [0.1, 0.15) is 0 Å². The van der Waals surface area contributed by atoms with Crippen molar-refractivity contribution in [2.75, 3.05) is 32.7 Å². The Kier molecular flexibility index (Phi) is 7.53. The molecule has 0 aromatic carbocycles. The van der Waals surface area contributed by atoms with Gasteiger partial charge in [0.2, 0.25) is 5.91 Å². The van der Waals surface area contributed by atoms with E-state index in [1.165, 1.54) is 19.6 Å². The molecule has 0 saturated heterocycles. The second kappa shape index (κ2) is 7.78. The van der Waals surface area contributed by atoms with Crippen LogP contribution in [0.5, 0.6) is 0 Å². The van der Waals surface area contributed by atoms with Crippen LogP contribution in [0.1, 0.15) is 54.4 Å². The Balaban J connectivity index is 4.03. The van der Waals surface area contributed by atoms with Crippen LogP contribution in [-0.4, -0.2) is 43.1 Å². The van der Waals surface area contributed by atoms with Crippen molar-refractivity contribution < 1.29 is 9.28 Å². The number of hydrogen-bond donors (Lipinski definition) is 1. The maximum atomic E-state index is 11.9. The van der Waals surface area contributed by atoms with Crippen molar-refractivity contribution in [2.24, 2.45) is 5.41 Å². The van der Waals surface area contributed by atoms with Crippen LogP contribution in [-0.2, 0) is 4.79 Å². The first-order valence-corrected chi connectivity index (χ1v) is 7.50. The lowest BCUT2D eigenvalue weighted by Crippen LogP contribution is -2.49. The van der Waals surface area contributed by atoms with E-state index in [0.717, 1.165) is 30.4 Å². The predicted octanol–water partition coefficient (Wildman–Crippen LogP) is 2.81. The highest BCUT2D eigenvalue weighted by molar-refractivity contribution is 5.81. The Bertz CT molecular complexity index is 237. The molecule has 0 unspecified atom stereocenters. The molecule has 3 nitrogen and oxygen atoms in total. The highest BCUT2D eigenvalue weighted by Crippen LogP contribution is 2.19. The van der Waals surface area contributed by atoms with Gasteiger partial charge in [-0.3, -0.25) is 4.79 Å². The second-order valence-electron chi connectivity index (χ2n) is 5.86. The van der Waals surface area contributed by atoms with Gasteiger partial charge in [-0.05, 0) is 27.2 Å². The monoisotopic (exact) mass is 257 g/mol. The van der Waals surface area contributed by atoms with E-state index in [2.05, 4.69) is 33.0 Å². The number of carbonyl (C=O) groups is 1. The zero-order chi connectivity index (χ0) is 14.2. The first kappa shape index (κ1) is 17.4. The Morgan fingerprint density at radius 1 is 1.06 bits per heavy atom. The van der Waals surface area contributed by atoms with Gasteiger partial charge in [0.05, 0.1) is 26.2 Å². The van der Waals surface area contributed by atoms with Crippen molar-refractivity contribution in [1.29, 1.82) is 0 Å². The van der Waals surface area contributed by atoms with Crippen LogP contribution in [0.15, 0.2) is 0 Å². The van der Waals surface area contributed by atoms with Crippen LogP contribution >= 0.6 is 0 Å². The standard InChI is InChI=1S/C15H32N2O/c1-7-15(5,6)14(18)16-12-11-13-17(8-2,9-3)10-4/h7-13H2,1-6H3/p+1. The van der Waals surface area contributed by atoms with Gasteiger partial charge in [0.25, 0.3) is 0 Å². The topological polar surface area (TPSA) is 29.1 Å². The van der Waals surface area contributed by atoms with Crippen LogP contribution in [0, 0.1) is 5.41 Å². The number of nitrogens with zero attached hydrogens (tertiary/aromatic N) is 1. The summed E-state index contributed by atoms with van der Waals surface area (Å²) in [6.07, 6.45) is 1.96. The fourth-order valence-corrected chi connectivity index (χ4v) is 2.16. The summed E-state index contributed by atoms with van der Waals surface area (Å²) in [6.45, 7) is 18.4. The lowest BCUT2D eigenvalue weighted by Gasteiger charge is -2.36. The normalized spacial score (nSPS) is 12.6. The zero-order valence-electron chi connectivity index (χ0n) is 13.3. The average molecular weight is 257 g/mol. The second-order valence-corrected chi connectivity index (χ2v) is 5.86. The SMILES string of the molecule is CCC(C)(C)C(=O)NCCC[N+](CC)(CC)CC. The predicted molar refractivity (Wildman–Crippen MR) is 78.4 cm³/mol. The quantitative estimate of drug-likeness (QED) is 0.499. The first-order chi connectivity index (χ1) is 8.37. The number of rotatable bonds is 9. The van der Waals surface area contributed by atoms with Crippen molar-refractivity contribution in [3.8, 4) is 0 Å². The highest BCUT2D eigenvalue weighted by Gasteiger charge is 2.25. The molecule has 0 aromatic heterocycles. The molecule has 3 heteroatoms. The summed E-state index contributed by atoms with van der Waals surface area (Å²) in [7, 11) is 0. The van der Waals surface area contributed by atoms with E-state index in [9.17, 15) is 4.79 Å². The molecular weight excluding hydrogens is 224 g/mol. The molecule has 1 N–H and O–H groups in total. The molecule has 0 aliphatic heterocycles. The molecule has 0 heterocycles. The van der Waals surface area contributed by atoms with Crippen LogP contribution in [0.3, 0.4) is 0 Å². The minimum absolute atomic E-state index is 0.188. The van der Waals surface area contributed by atoms with Crippen LogP contribution in [0.4, 0.5) is 0 Å². The summed E-state index contributed by atoms with van der Waals surface area (Å²) in [5, 5.41) is 3.07. The summed E-state index contributed by atoms with van der Waals surface area (Å²) >= 11 is 0. The van der Waals surface area contributed by atoms with Crippen LogP contribution in [0.25, 0.3) is 0 Å². The Hall–Kier alpha value is -0.570. The molecule has 1 amide bonds. The van der Waals surface area contributed by atoms with E-state index in [4.69, 9.17) is 0 Å². The number of nitrogens with one attached hydrogen (secondary N) is 1. The van der Waals surface area contributed by atoms with Gasteiger partial charge in [0.15, 0.2) is 0 Å². The molecule has 0 aliphatic carbocycles. The smallest absolute Gasteiger partial charge is 0.225 e. The lowest BCUT2D eigenvalue weighted by molar-refractivity contribution is -0.923. The Labute approximate surface area is 114 Å². The third kappa shape index (κ3) is 4.97. The molecule has 0 aromatic rings. The molecule has 0 fully saturated rings. The van der Waals surface area contributed by atoms with E-state index in [1.54, 1.807) is 0 Å². The fourth-order valence-electron chi connectivity index (χ4n) is 2.16. The first-order valence-electron chi connectivity index (χ1n) is 7.50. The lowest BCUT2D eigenvalue weighted by atomic mass is 9.89. The molecule has 0 spiro atoms.